The molecule has 17 heteroatoms. The van der Waals surface area contributed by atoms with Gasteiger partial charge in [0.2, 0.25) is 5.79 Å². The lowest BCUT2D eigenvalue weighted by Gasteiger charge is -2.42. The number of piperidine rings is 1. The lowest BCUT2D eigenvalue weighted by Crippen LogP contribution is -2.61. The maximum absolute atomic E-state index is 14.5. The van der Waals surface area contributed by atoms with Crippen molar-refractivity contribution in [2.45, 2.75) is 187 Å². The molecule has 72 heavy (non-hydrogen) atoms. The fourth-order valence-electron chi connectivity index (χ4n) is 10.4. The fraction of sp³-hybridized carbons (Fsp3) is 0.745. The van der Waals surface area contributed by atoms with E-state index in [1.165, 1.54) is 21.1 Å². The molecule has 1 saturated carbocycles. The number of carbonyl (C=O) groups is 6. The number of aliphatic hydroxyl groups is 5. The number of carbonyl (C=O) groups excluding carboxylic acids is 6. The molecule has 3 aliphatic heterocycles. The maximum Gasteiger partial charge on any atom is 0.329 e. The summed E-state index contributed by atoms with van der Waals surface area (Å²) in [5.41, 5.74) is -0.548. The van der Waals surface area contributed by atoms with E-state index >= 15 is 0 Å². The predicted octanol–water partition coefficient (Wildman–Crippen LogP) is 5.07. The third-order valence-electron chi connectivity index (χ3n) is 15.6. The molecule has 1 unspecified atom stereocenters. The smallest absolute Gasteiger partial charge is 0.329 e. The van der Waals surface area contributed by atoms with Gasteiger partial charge in [-0.15, -0.1) is 0 Å². The third-order valence-corrected chi connectivity index (χ3v) is 15.6. The zero-order valence-corrected chi connectivity index (χ0v) is 44.3. The molecule has 406 valence electrons. The van der Waals surface area contributed by atoms with Crippen molar-refractivity contribution in [2.75, 3.05) is 34.0 Å². The number of fused-ring (bicyclic) bond motifs is 3. The number of Topliss-reactive ketones (excluding diaryl/α,β-unsaturated/α-hetero) is 3. The minimum absolute atomic E-state index is 0.0247. The first-order chi connectivity index (χ1) is 33.9. The van der Waals surface area contributed by atoms with Crippen LogP contribution in [0, 0.1) is 40.9 Å². The van der Waals surface area contributed by atoms with Gasteiger partial charge in [0.05, 0.1) is 31.5 Å². The molecule has 4 rings (SSSR count). The van der Waals surface area contributed by atoms with Crippen LogP contribution in [0.15, 0.2) is 47.6 Å². The number of hydrogen-bond donors (Lipinski definition) is 5. The zero-order valence-electron chi connectivity index (χ0n) is 44.3. The Morgan fingerprint density at radius 2 is 1.57 bits per heavy atom. The first-order valence-electron chi connectivity index (χ1n) is 26.0. The number of ketones is 3. The van der Waals surface area contributed by atoms with E-state index in [9.17, 15) is 54.3 Å². The van der Waals surface area contributed by atoms with Crippen LogP contribution in [0.3, 0.4) is 0 Å². The number of rotatable bonds is 9. The highest BCUT2D eigenvalue weighted by Gasteiger charge is 2.53. The van der Waals surface area contributed by atoms with Crippen LogP contribution in [0.1, 0.15) is 132 Å². The van der Waals surface area contributed by atoms with E-state index in [0.717, 1.165) is 4.90 Å². The number of cyclic esters (lactones) is 1. The Labute approximate surface area is 426 Å². The molecule has 2 bridgehead atoms. The van der Waals surface area contributed by atoms with Crippen molar-refractivity contribution < 1.29 is 78.0 Å². The molecule has 0 radical (unpaired) electrons. The molecule has 1 aliphatic carbocycles. The van der Waals surface area contributed by atoms with Crippen molar-refractivity contribution in [3.05, 3.63) is 47.6 Å². The van der Waals surface area contributed by atoms with Gasteiger partial charge in [-0.05, 0) is 114 Å². The van der Waals surface area contributed by atoms with Crippen molar-refractivity contribution in [1.82, 2.24) is 4.90 Å². The van der Waals surface area contributed by atoms with Gasteiger partial charge >= 0.3 is 11.9 Å². The number of methoxy groups -OCH3 is 2. The number of esters is 2. The van der Waals surface area contributed by atoms with Crippen LogP contribution in [-0.2, 0) is 52.5 Å². The molecule has 1 amide bonds. The molecule has 4 aliphatic rings. The van der Waals surface area contributed by atoms with E-state index in [2.05, 4.69) is 0 Å². The highest BCUT2D eigenvalue weighted by atomic mass is 16.6. The number of aliphatic hydroxyl groups excluding tert-OH is 4. The molecule has 3 heterocycles. The second-order valence-corrected chi connectivity index (χ2v) is 21.6. The van der Waals surface area contributed by atoms with Gasteiger partial charge in [-0.3, -0.25) is 24.0 Å². The van der Waals surface area contributed by atoms with Crippen LogP contribution in [0.25, 0.3) is 0 Å². The number of hydrogen-bond acceptors (Lipinski definition) is 16. The molecule has 0 spiro atoms. The standard InChI is InChI=1S/C55H85NO16/c1-32-16-12-11-13-17-33(2)42(59)28-40-21-19-38(7)55(67,72-40)50(63)51(64)56-23-15-14-18-41(56)52(65)70-45(29-43(60)34(3)25-37(6)48(62)49(69-10)47(61)36(5)24-32)35(4)26-39-20-22-44(46(27-39)68-9)71-53(66)54(8,30-57)31-58/h11-13,16-17,25,32,34-36,38-42,44-46,48-49,57-59,62,67H,14-15,18-24,26-31H2,1-10H3/b13-11+,16-12+,33-17+,37-25+/t32-,34-,35?,36-,38-,39-,40+,41+,42+,44+,45+,46+,48-,49+,55-/m1/s1. The summed E-state index contributed by atoms with van der Waals surface area (Å²) in [6, 6.07) is -1.22. The van der Waals surface area contributed by atoms with Gasteiger partial charge < -0.3 is 54.1 Å². The highest BCUT2D eigenvalue weighted by molar-refractivity contribution is 6.39. The Morgan fingerprint density at radius 1 is 0.875 bits per heavy atom. The van der Waals surface area contributed by atoms with Crippen LogP contribution < -0.4 is 0 Å². The number of amides is 1. The molecule has 2 saturated heterocycles. The minimum atomic E-state index is -2.52. The van der Waals surface area contributed by atoms with Crippen molar-refractivity contribution in [3.63, 3.8) is 0 Å². The van der Waals surface area contributed by atoms with Gasteiger partial charge in [-0.25, -0.2) is 4.79 Å². The third kappa shape index (κ3) is 15.6. The van der Waals surface area contributed by atoms with Crippen LogP contribution in [0.4, 0.5) is 0 Å². The molecule has 0 aromatic carbocycles. The minimum Gasteiger partial charge on any atom is -0.460 e. The first kappa shape index (κ1) is 60.6. The van der Waals surface area contributed by atoms with Gasteiger partial charge in [-0.1, -0.05) is 71.1 Å². The van der Waals surface area contributed by atoms with Crippen LogP contribution in [0.5, 0.6) is 0 Å². The Kier molecular flexibility index (Phi) is 23.2. The van der Waals surface area contributed by atoms with Gasteiger partial charge in [0.1, 0.15) is 41.7 Å². The van der Waals surface area contributed by atoms with Crippen LogP contribution in [0.2, 0.25) is 0 Å². The van der Waals surface area contributed by atoms with Crippen LogP contribution >= 0.6 is 0 Å². The zero-order chi connectivity index (χ0) is 53.7. The summed E-state index contributed by atoms with van der Waals surface area (Å²) in [6.45, 7) is 12.4. The Bertz CT molecular complexity index is 1990. The van der Waals surface area contributed by atoms with Gasteiger partial charge in [-0.2, -0.15) is 0 Å². The largest absolute Gasteiger partial charge is 0.460 e. The molecule has 17 nitrogen and oxygen atoms in total. The number of nitrogens with zero attached hydrogens (tertiary/aromatic N) is 1. The summed E-state index contributed by atoms with van der Waals surface area (Å²) < 4.78 is 29.4. The molecular weight excluding hydrogens is 931 g/mol. The lowest BCUT2D eigenvalue weighted by molar-refractivity contribution is -0.265. The van der Waals surface area contributed by atoms with Gasteiger partial charge in [0, 0.05) is 51.4 Å². The van der Waals surface area contributed by atoms with E-state index in [0.29, 0.717) is 68.9 Å². The lowest BCUT2D eigenvalue weighted by atomic mass is 9.78. The molecule has 3 fully saturated rings. The van der Waals surface area contributed by atoms with E-state index in [4.69, 9.17) is 23.7 Å². The van der Waals surface area contributed by atoms with Crippen molar-refractivity contribution in [2.24, 2.45) is 40.9 Å². The van der Waals surface area contributed by atoms with Gasteiger partial charge in [0.15, 0.2) is 5.78 Å². The number of allylic oxidation sites excluding steroid dienone is 6. The molecule has 0 aromatic rings. The van der Waals surface area contributed by atoms with E-state index in [1.807, 2.05) is 26.0 Å². The van der Waals surface area contributed by atoms with Crippen molar-refractivity contribution in [1.29, 1.82) is 0 Å². The molecular formula is C55H85NO16. The second-order valence-electron chi connectivity index (χ2n) is 21.6. The normalized spacial score (nSPS) is 37.8. The molecule has 15 atom stereocenters. The Hall–Kier alpha value is -3.94. The summed E-state index contributed by atoms with van der Waals surface area (Å²) >= 11 is 0. The fourth-order valence-corrected chi connectivity index (χ4v) is 10.4. The monoisotopic (exact) mass is 1020 g/mol. The van der Waals surface area contributed by atoms with Gasteiger partial charge in [0.25, 0.3) is 11.7 Å². The van der Waals surface area contributed by atoms with E-state index in [1.54, 1.807) is 58.9 Å². The second kappa shape index (κ2) is 27.6. The SMILES string of the molecule is CO[C@H]1C[C@@H](CC(C)[C@@H]2CC(=O)[C@H](C)/C=C(\C)[C@@H](O)[C@@H](OC)C(=O)[C@H](C)C[C@H](C)/C=C/C=C/C=C(\C)[C@@H](O)C[C@@H]3CC[C@@H](C)[C@@](O)(O3)C(=O)C(=O)N3CCCC[C@H]3C(=O)O2)CC[C@@H]1OC(=O)C(C)(CO)CO. The van der Waals surface area contributed by atoms with E-state index < -0.39 is 120 Å². The Balaban J connectivity index is 1.68. The quantitative estimate of drug-likeness (QED) is 0.115. The summed E-state index contributed by atoms with van der Waals surface area (Å²) in [4.78, 5) is 85.1. The van der Waals surface area contributed by atoms with Crippen molar-refractivity contribution >= 4 is 35.2 Å². The first-order valence-corrected chi connectivity index (χ1v) is 26.0. The highest BCUT2D eigenvalue weighted by Crippen LogP contribution is 2.38. The summed E-state index contributed by atoms with van der Waals surface area (Å²) in [5.74, 6) is -9.65. The van der Waals surface area contributed by atoms with Crippen molar-refractivity contribution in [3.8, 4) is 0 Å². The maximum atomic E-state index is 14.5. The molecule has 5 N–H and O–H groups in total. The summed E-state index contributed by atoms with van der Waals surface area (Å²) in [7, 11) is 2.85. The van der Waals surface area contributed by atoms with Crippen LogP contribution in [-0.4, -0.2) is 154 Å². The van der Waals surface area contributed by atoms with E-state index in [-0.39, 0.29) is 49.2 Å². The molecule has 0 aromatic heterocycles. The Morgan fingerprint density at radius 3 is 2.22 bits per heavy atom. The number of ether oxygens (including phenoxy) is 5. The predicted molar refractivity (Wildman–Crippen MR) is 266 cm³/mol. The summed E-state index contributed by atoms with van der Waals surface area (Å²) in [6.07, 6.45) is 8.11. The topological polar surface area (TPSA) is 253 Å². The summed E-state index contributed by atoms with van der Waals surface area (Å²) in [5, 5.41) is 54.1. The average Bonchev–Trinajstić information content (AvgIpc) is 3.36. The average molecular weight is 1020 g/mol.